The molecule has 0 spiro atoms. The predicted octanol–water partition coefficient (Wildman–Crippen LogP) is 3.66. The molecule has 1 aliphatic carbocycles. The minimum atomic E-state index is 0.486. The summed E-state index contributed by atoms with van der Waals surface area (Å²) < 4.78 is 0. The predicted molar refractivity (Wildman–Crippen MR) is 85.3 cm³/mol. The van der Waals surface area contributed by atoms with Crippen molar-refractivity contribution in [2.24, 2.45) is 0 Å². The standard InChI is InChI=1S/C18H17N3/c1-2-5-14-11-17(10-13(14)4-1)20-16-7-3-6-15(12-16)18-8-9-19-21-18/h1-9,12,17,20H,10-11H2,(H,19,21). The molecule has 1 aliphatic rings. The smallest absolute Gasteiger partial charge is 0.0650 e. The Hall–Kier alpha value is -2.55. The molecule has 21 heavy (non-hydrogen) atoms. The van der Waals surface area contributed by atoms with E-state index in [0.29, 0.717) is 6.04 Å². The summed E-state index contributed by atoms with van der Waals surface area (Å²) in [5, 5.41) is 10.7. The highest BCUT2D eigenvalue weighted by Crippen LogP contribution is 2.26. The summed E-state index contributed by atoms with van der Waals surface area (Å²) in [4.78, 5) is 0. The minimum Gasteiger partial charge on any atom is -0.382 e. The molecular weight excluding hydrogens is 258 g/mol. The number of H-pyrrole nitrogens is 1. The summed E-state index contributed by atoms with van der Waals surface area (Å²) in [6.07, 6.45) is 3.98. The van der Waals surface area contributed by atoms with E-state index in [4.69, 9.17) is 0 Å². The van der Waals surface area contributed by atoms with Crippen LogP contribution in [-0.4, -0.2) is 16.2 Å². The Morgan fingerprint density at radius 3 is 2.48 bits per heavy atom. The van der Waals surface area contributed by atoms with E-state index >= 15 is 0 Å². The molecule has 0 atom stereocenters. The number of aromatic nitrogens is 2. The van der Waals surface area contributed by atoms with Crippen LogP contribution in [0.1, 0.15) is 11.1 Å². The average molecular weight is 275 g/mol. The number of nitrogens with zero attached hydrogens (tertiary/aromatic N) is 1. The van der Waals surface area contributed by atoms with Crippen LogP contribution in [0.25, 0.3) is 11.3 Å². The molecule has 0 bridgehead atoms. The third-order valence-corrected chi connectivity index (χ3v) is 4.10. The summed E-state index contributed by atoms with van der Waals surface area (Å²) in [6.45, 7) is 0. The number of hydrogen-bond donors (Lipinski definition) is 2. The average Bonchev–Trinajstić information content (AvgIpc) is 3.16. The maximum atomic E-state index is 4.01. The molecule has 1 heterocycles. The van der Waals surface area contributed by atoms with E-state index in [1.165, 1.54) is 16.8 Å². The van der Waals surface area contributed by atoms with E-state index in [2.05, 4.69) is 64.0 Å². The molecule has 2 aromatic carbocycles. The zero-order valence-electron chi connectivity index (χ0n) is 11.7. The van der Waals surface area contributed by atoms with Gasteiger partial charge in [-0.3, -0.25) is 5.10 Å². The first-order chi connectivity index (χ1) is 10.4. The van der Waals surface area contributed by atoms with Crippen molar-refractivity contribution in [2.75, 3.05) is 5.32 Å². The zero-order chi connectivity index (χ0) is 14.1. The summed E-state index contributed by atoms with van der Waals surface area (Å²) >= 11 is 0. The van der Waals surface area contributed by atoms with Crippen molar-refractivity contribution in [1.82, 2.24) is 10.2 Å². The van der Waals surface area contributed by atoms with Crippen LogP contribution in [0.15, 0.2) is 60.8 Å². The Kier molecular flexibility index (Phi) is 2.96. The van der Waals surface area contributed by atoms with Gasteiger partial charge in [-0.2, -0.15) is 5.10 Å². The van der Waals surface area contributed by atoms with Crippen molar-refractivity contribution >= 4 is 5.69 Å². The summed E-state index contributed by atoms with van der Waals surface area (Å²) in [5.74, 6) is 0. The largest absolute Gasteiger partial charge is 0.382 e. The number of hydrogen-bond acceptors (Lipinski definition) is 2. The van der Waals surface area contributed by atoms with Gasteiger partial charge >= 0.3 is 0 Å². The first kappa shape index (κ1) is 12.2. The monoisotopic (exact) mass is 275 g/mol. The number of benzene rings is 2. The Morgan fingerprint density at radius 1 is 0.952 bits per heavy atom. The van der Waals surface area contributed by atoms with Gasteiger partial charge in [-0.25, -0.2) is 0 Å². The minimum absolute atomic E-state index is 0.486. The number of aromatic amines is 1. The van der Waals surface area contributed by atoms with Crippen molar-refractivity contribution < 1.29 is 0 Å². The first-order valence-corrected chi connectivity index (χ1v) is 7.31. The molecule has 1 aromatic heterocycles. The molecule has 4 rings (SSSR count). The normalized spacial score (nSPS) is 14.1. The lowest BCUT2D eigenvalue weighted by Crippen LogP contribution is -2.19. The molecule has 104 valence electrons. The first-order valence-electron chi connectivity index (χ1n) is 7.31. The second-order valence-corrected chi connectivity index (χ2v) is 5.57. The van der Waals surface area contributed by atoms with E-state index < -0.39 is 0 Å². The van der Waals surface area contributed by atoms with Gasteiger partial charge in [0.1, 0.15) is 0 Å². The van der Waals surface area contributed by atoms with Gasteiger partial charge in [0.25, 0.3) is 0 Å². The van der Waals surface area contributed by atoms with Gasteiger partial charge in [-0.1, -0.05) is 36.4 Å². The fraction of sp³-hybridized carbons (Fsp3) is 0.167. The van der Waals surface area contributed by atoms with Gasteiger partial charge in [0, 0.05) is 23.5 Å². The zero-order valence-corrected chi connectivity index (χ0v) is 11.7. The maximum Gasteiger partial charge on any atom is 0.0650 e. The summed E-state index contributed by atoms with van der Waals surface area (Å²) in [7, 11) is 0. The van der Waals surface area contributed by atoms with Gasteiger partial charge in [-0.05, 0) is 42.2 Å². The van der Waals surface area contributed by atoms with E-state index in [1.54, 1.807) is 6.20 Å². The van der Waals surface area contributed by atoms with Gasteiger partial charge < -0.3 is 5.32 Å². The van der Waals surface area contributed by atoms with Crippen LogP contribution in [-0.2, 0) is 12.8 Å². The molecule has 0 aliphatic heterocycles. The molecule has 2 N–H and O–H groups in total. The lowest BCUT2D eigenvalue weighted by molar-refractivity contribution is 0.774. The lowest BCUT2D eigenvalue weighted by atomic mass is 10.1. The fourth-order valence-corrected chi connectivity index (χ4v) is 3.09. The summed E-state index contributed by atoms with van der Waals surface area (Å²) in [5.41, 5.74) is 6.32. The Morgan fingerprint density at radius 2 is 1.76 bits per heavy atom. The van der Waals surface area contributed by atoms with E-state index in [9.17, 15) is 0 Å². The topological polar surface area (TPSA) is 40.7 Å². The SMILES string of the molecule is c1cc(NC2Cc3ccccc3C2)cc(-c2ccn[nH]2)c1. The van der Waals surface area contributed by atoms with Crippen LogP contribution in [0.5, 0.6) is 0 Å². The Labute approximate surface area is 124 Å². The highest BCUT2D eigenvalue weighted by atomic mass is 15.1. The second kappa shape index (κ2) is 5.09. The van der Waals surface area contributed by atoms with Crippen LogP contribution in [0.2, 0.25) is 0 Å². The molecule has 3 heteroatoms. The summed E-state index contributed by atoms with van der Waals surface area (Å²) in [6, 6.07) is 19.7. The van der Waals surface area contributed by atoms with Gasteiger partial charge in [0.05, 0.1) is 5.69 Å². The van der Waals surface area contributed by atoms with Crippen molar-refractivity contribution in [3.8, 4) is 11.3 Å². The number of rotatable bonds is 3. The molecule has 3 nitrogen and oxygen atoms in total. The van der Waals surface area contributed by atoms with Crippen LogP contribution in [0, 0.1) is 0 Å². The van der Waals surface area contributed by atoms with Gasteiger partial charge in [0.2, 0.25) is 0 Å². The number of fused-ring (bicyclic) bond motifs is 1. The van der Waals surface area contributed by atoms with Gasteiger partial charge in [0.15, 0.2) is 0 Å². The molecular formula is C18H17N3. The van der Waals surface area contributed by atoms with E-state index in [-0.39, 0.29) is 0 Å². The molecule has 0 fully saturated rings. The number of nitrogens with one attached hydrogen (secondary N) is 2. The van der Waals surface area contributed by atoms with Crippen LogP contribution >= 0.6 is 0 Å². The molecule has 0 unspecified atom stereocenters. The van der Waals surface area contributed by atoms with Crippen LogP contribution in [0.4, 0.5) is 5.69 Å². The van der Waals surface area contributed by atoms with Gasteiger partial charge in [-0.15, -0.1) is 0 Å². The van der Waals surface area contributed by atoms with Crippen molar-refractivity contribution in [1.29, 1.82) is 0 Å². The third kappa shape index (κ3) is 2.42. The van der Waals surface area contributed by atoms with Crippen molar-refractivity contribution in [3.63, 3.8) is 0 Å². The highest BCUT2D eigenvalue weighted by molar-refractivity contribution is 5.65. The van der Waals surface area contributed by atoms with E-state index in [0.717, 1.165) is 24.1 Å². The van der Waals surface area contributed by atoms with Crippen molar-refractivity contribution in [3.05, 3.63) is 71.9 Å². The Balaban J connectivity index is 1.53. The van der Waals surface area contributed by atoms with E-state index in [1.807, 2.05) is 6.07 Å². The second-order valence-electron chi connectivity index (χ2n) is 5.57. The highest BCUT2D eigenvalue weighted by Gasteiger charge is 2.20. The third-order valence-electron chi connectivity index (χ3n) is 4.10. The quantitative estimate of drug-likeness (QED) is 0.766. The molecule has 0 saturated heterocycles. The molecule has 0 radical (unpaired) electrons. The Bertz CT molecular complexity index is 722. The fourth-order valence-electron chi connectivity index (χ4n) is 3.09. The van der Waals surface area contributed by atoms with Crippen LogP contribution < -0.4 is 5.32 Å². The molecule has 0 saturated carbocycles. The van der Waals surface area contributed by atoms with Crippen molar-refractivity contribution in [2.45, 2.75) is 18.9 Å². The van der Waals surface area contributed by atoms with Crippen LogP contribution in [0.3, 0.4) is 0 Å². The molecule has 3 aromatic rings. The lowest BCUT2D eigenvalue weighted by Gasteiger charge is -2.14. The maximum absolute atomic E-state index is 4.01. The molecule has 0 amide bonds. The number of anilines is 1.